The topological polar surface area (TPSA) is 53.0 Å². The van der Waals surface area contributed by atoms with Crippen molar-refractivity contribution in [3.05, 3.63) is 30.3 Å². The molecule has 0 aliphatic heterocycles. The third-order valence-corrected chi connectivity index (χ3v) is 2.84. The van der Waals surface area contributed by atoms with Crippen molar-refractivity contribution in [1.29, 1.82) is 0 Å². The number of carbonyl (C=O) groups excluding carboxylic acids is 1. The molecule has 1 aromatic carbocycles. The maximum atomic E-state index is 12.0. The predicted molar refractivity (Wildman–Crippen MR) is 75.2 cm³/mol. The molecule has 1 rings (SSSR count). The molecule has 0 fully saturated rings. The van der Waals surface area contributed by atoms with E-state index in [0.29, 0.717) is 0 Å². The van der Waals surface area contributed by atoms with Crippen molar-refractivity contribution in [1.82, 2.24) is 4.90 Å². The molecule has 0 aliphatic carbocycles. The molecule has 1 aromatic rings. The van der Waals surface area contributed by atoms with E-state index in [1.165, 1.54) is 12.0 Å². The monoisotopic (exact) mass is 266 g/mol. The Morgan fingerprint density at radius 1 is 1.32 bits per heavy atom. The molecule has 0 aromatic heterocycles. The maximum absolute atomic E-state index is 12.0. The summed E-state index contributed by atoms with van der Waals surface area (Å²) in [6, 6.07) is 9.71. The fraction of sp³-hybridized carbons (Fsp3) is 0.500. The number of carbonyl (C=O) groups is 1. The second-order valence-corrected chi connectivity index (χ2v) is 4.58. The average Bonchev–Trinajstić information content (AvgIpc) is 2.39. The van der Waals surface area contributed by atoms with Gasteiger partial charge < -0.3 is 19.6 Å². The van der Waals surface area contributed by atoms with Crippen LogP contribution in [0, 0.1) is 0 Å². The van der Waals surface area contributed by atoms with E-state index in [-0.39, 0.29) is 25.6 Å². The van der Waals surface area contributed by atoms with E-state index in [2.05, 4.69) is 0 Å². The zero-order chi connectivity index (χ0) is 14.3. The standard InChI is InChI=1S/C14H22N2O3/c1-15(12-7-5-4-6-8-12)10-14(18)16(2)9-13(17)11-19-3/h4-8,13,17H,9-11H2,1-3H3. The van der Waals surface area contributed by atoms with E-state index < -0.39 is 6.10 Å². The summed E-state index contributed by atoms with van der Waals surface area (Å²) in [6.45, 7) is 0.779. The van der Waals surface area contributed by atoms with E-state index in [4.69, 9.17) is 4.74 Å². The molecule has 0 radical (unpaired) electrons. The van der Waals surface area contributed by atoms with Crippen LogP contribution in [-0.4, -0.2) is 62.9 Å². The van der Waals surface area contributed by atoms with Crippen molar-refractivity contribution in [3.8, 4) is 0 Å². The molecule has 5 nitrogen and oxygen atoms in total. The average molecular weight is 266 g/mol. The Balaban J connectivity index is 2.46. The molecule has 5 heteroatoms. The van der Waals surface area contributed by atoms with Crippen molar-refractivity contribution < 1.29 is 14.6 Å². The molecule has 1 amide bonds. The Hall–Kier alpha value is -1.59. The molecule has 0 saturated heterocycles. The number of anilines is 1. The third kappa shape index (κ3) is 5.28. The largest absolute Gasteiger partial charge is 0.389 e. The highest BCUT2D eigenvalue weighted by atomic mass is 16.5. The van der Waals surface area contributed by atoms with Gasteiger partial charge in [0.1, 0.15) is 0 Å². The maximum Gasteiger partial charge on any atom is 0.241 e. The number of hydrogen-bond donors (Lipinski definition) is 1. The van der Waals surface area contributed by atoms with Crippen LogP contribution in [0.3, 0.4) is 0 Å². The molecular weight excluding hydrogens is 244 g/mol. The van der Waals surface area contributed by atoms with Crippen LogP contribution in [0.25, 0.3) is 0 Å². The number of rotatable bonds is 7. The first-order valence-corrected chi connectivity index (χ1v) is 6.21. The molecule has 0 heterocycles. The number of benzene rings is 1. The van der Waals surface area contributed by atoms with Gasteiger partial charge >= 0.3 is 0 Å². The van der Waals surface area contributed by atoms with Crippen LogP contribution >= 0.6 is 0 Å². The van der Waals surface area contributed by atoms with Crippen LogP contribution in [0.5, 0.6) is 0 Å². The number of ether oxygens (including phenoxy) is 1. The number of aliphatic hydroxyl groups excluding tert-OH is 1. The fourth-order valence-corrected chi connectivity index (χ4v) is 1.76. The zero-order valence-corrected chi connectivity index (χ0v) is 11.7. The molecule has 19 heavy (non-hydrogen) atoms. The Bertz CT molecular complexity index is 384. The number of hydrogen-bond acceptors (Lipinski definition) is 4. The molecule has 1 atom stereocenters. The molecule has 0 spiro atoms. The van der Waals surface area contributed by atoms with Crippen molar-refractivity contribution >= 4 is 11.6 Å². The number of likely N-dealkylation sites (N-methyl/N-ethyl adjacent to an activating group) is 2. The summed E-state index contributed by atoms with van der Waals surface area (Å²) in [5.74, 6) is -0.0403. The van der Waals surface area contributed by atoms with Crippen LogP contribution in [0.1, 0.15) is 0 Å². The van der Waals surface area contributed by atoms with E-state index in [1.54, 1.807) is 7.05 Å². The van der Waals surface area contributed by atoms with E-state index >= 15 is 0 Å². The highest BCUT2D eigenvalue weighted by molar-refractivity contribution is 5.81. The number of methoxy groups -OCH3 is 1. The fourth-order valence-electron chi connectivity index (χ4n) is 1.76. The number of nitrogens with zero attached hydrogens (tertiary/aromatic N) is 2. The lowest BCUT2D eigenvalue weighted by Crippen LogP contribution is -2.41. The second kappa shape index (κ2) is 7.76. The minimum atomic E-state index is -0.652. The molecule has 0 saturated carbocycles. The van der Waals surface area contributed by atoms with Crippen LogP contribution in [-0.2, 0) is 9.53 Å². The first-order chi connectivity index (χ1) is 9.04. The number of para-hydroxylation sites is 1. The smallest absolute Gasteiger partial charge is 0.241 e. The molecule has 0 aliphatic rings. The van der Waals surface area contributed by atoms with Gasteiger partial charge in [0.25, 0.3) is 0 Å². The summed E-state index contributed by atoms with van der Waals surface area (Å²) in [6.07, 6.45) is -0.652. The van der Waals surface area contributed by atoms with Gasteiger partial charge in [0, 0.05) is 33.4 Å². The third-order valence-electron chi connectivity index (χ3n) is 2.84. The van der Waals surface area contributed by atoms with Gasteiger partial charge in [0.15, 0.2) is 0 Å². The van der Waals surface area contributed by atoms with Gasteiger partial charge in [-0.3, -0.25) is 4.79 Å². The quantitative estimate of drug-likeness (QED) is 0.785. The highest BCUT2D eigenvalue weighted by Crippen LogP contribution is 2.10. The lowest BCUT2D eigenvalue weighted by atomic mass is 10.3. The summed E-state index contributed by atoms with van der Waals surface area (Å²) < 4.78 is 4.84. The first-order valence-electron chi connectivity index (χ1n) is 6.21. The summed E-state index contributed by atoms with van der Waals surface area (Å²) in [7, 11) is 5.07. The summed E-state index contributed by atoms with van der Waals surface area (Å²) in [5, 5.41) is 9.59. The van der Waals surface area contributed by atoms with E-state index in [1.807, 2.05) is 42.3 Å². The van der Waals surface area contributed by atoms with Gasteiger partial charge in [-0.25, -0.2) is 0 Å². The van der Waals surface area contributed by atoms with Crippen LogP contribution in [0.4, 0.5) is 5.69 Å². The van der Waals surface area contributed by atoms with Crippen LogP contribution < -0.4 is 4.90 Å². The van der Waals surface area contributed by atoms with E-state index in [0.717, 1.165) is 5.69 Å². The van der Waals surface area contributed by atoms with Gasteiger partial charge in [-0.05, 0) is 12.1 Å². The van der Waals surface area contributed by atoms with Crippen molar-refractivity contribution in [2.45, 2.75) is 6.10 Å². The lowest BCUT2D eigenvalue weighted by Gasteiger charge is -2.24. The van der Waals surface area contributed by atoms with Crippen molar-refractivity contribution in [2.24, 2.45) is 0 Å². The van der Waals surface area contributed by atoms with Crippen molar-refractivity contribution in [3.63, 3.8) is 0 Å². The highest BCUT2D eigenvalue weighted by Gasteiger charge is 2.15. The minimum absolute atomic E-state index is 0.0403. The van der Waals surface area contributed by atoms with E-state index in [9.17, 15) is 9.90 Å². The SMILES string of the molecule is COCC(O)CN(C)C(=O)CN(C)c1ccccc1. The zero-order valence-electron chi connectivity index (χ0n) is 11.7. The number of aliphatic hydroxyl groups is 1. The van der Waals surface area contributed by atoms with Gasteiger partial charge in [0.05, 0.1) is 19.3 Å². The Morgan fingerprint density at radius 3 is 2.53 bits per heavy atom. The van der Waals surface area contributed by atoms with Crippen molar-refractivity contribution in [2.75, 3.05) is 45.8 Å². The second-order valence-electron chi connectivity index (χ2n) is 4.58. The molecule has 1 N–H and O–H groups in total. The van der Waals surface area contributed by atoms with Crippen LogP contribution in [0.15, 0.2) is 30.3 Å². The summed E-state index contributed by atoms with van der Waals surface area (Å²) >= 11 is 0. The first kappa shape index (κ1) is 15.5. The Labute approximate surface area is 114 Å². The molecule has 106 valence electrons. The molecular formula is C14H22N2O3. The summed E-state index contributed by atoms with van der Waals surface area (Å²) in [4.78, 5) is 15.4. The number of amides is 1. The predicted octanol–water partition coefficient (Wildman–Crippen LogP) is 0.589. The van der Waals surface area contributed by atoms with Gasteiger partial charge in [-0.1, -0.05) is 18.2 Å². The Kier molecular flexibility index (Phi) is 6.32. The minimum Gasteiger partial charge on any atom is -0.389 e. The molecule has 0 bridgehead atoms. The Morgan fingerprint density at radius 2 is 1.95 bits per heavy atom. The normalized spacial score (nSPS) is 12.0. The van der Waals surface area contributed by atoms with Crippen LogP contribution in [0.2, 0.25) is 0 Å². The van der Waals surface area contributed by atoms with Gasteiger partial charge in [-0.15, -0.1) is 0 Å². The lowest BCUT2D eigenvalue weighted by molar-refractivity contribution is -0.130. The van der Waals surface area contributed by atoms with Gasteiger partial charge in [-0.2, -0.15) is 0 Å². The molecule has 1 unspecified atom stereocenters. The summed E-state index contributed by atoms with van der Waals surface area (Å²) in [5.41, 5.74) is 0.988. The van der Waals surface area contributed by atoms with Gasteiger partial charge in [0.2, 0.25) is 5.91 Å².